The second-order valence-corrected chi connectivity index (χ2v) is 7.35. The third-order valence-corrected chi connectivity index (χ3v) is 5.03. The molecular formula is C22H29N3O. The molecule has 1 saturated heterocycles. The minimum absolute atomic E-state index is 0.0327. The van der Waals surface area contributed by atoms with Gasteiger partial charge >= 0.3 is 0 Å². The van der Waals surface area contributed by atoms with Crippen molar-refractivity contribution in [3.05, 3.63) is 65.7 Å². The van der Waals surface area contributed by atoms with Gasteiger partial charge in [0, 0.05) is 38.3 Å². The van der Waals surface area contributed by atoms with Gasteiger partial charge in [-0.25, -0.2) is 0 Å². The standard InChI is InChI=1S/C22H29N3O/c1-17-14-25(15-20-6-4-3-5-7-20)16-22(17)23-13-12-19-8-10-21(11-9-19)24-18(2)26/h3-11,17,22-23H,12-16H2,1-2H3,(H,24,26)/t17-,22-/m1/s1. The third kappa shape index (κ3) is 5.41. The van der Waals surface area contributed by atoms with Crippen molar-refractivity contribution in [2.45, 2.75) is 32.9 Å². The molecule has 2 aromatic rings. The summed E-state index contributed by atoms with van der Waals surface area (Å²) in [6.45, 7) is 8.14. The summed E-state index contributed by atoms with van der Waals surface area (Å²) in [5.74, 6) is 0.635. The fourth-order valence-electron chi connectivity index (χ4n) is 3.66. The maximum atomic E-state index is 11.1. The molecule has 0 unspecified atom stereocenters. The maximum Gasteiger partial charge on any atom is 0.221 e. The highest BCUT2D eigenvalue weighted by Crippen LogP contribution is 2.19. The molecule has 1 aliphatic rings. The maximum absolute atomic E-state index is 11.1. The number of carbonyl (C=O) groups is 1. The van der Waals surface area contributed by atoms with Crippen LogP contribution >= 0.6 is 0 Å². The van der Waals surface area contributed by atoms with Gasteiger partial charge in [-0.05, 0) is 42.1 Å². The molecule has 0 radical (unpaired) electrons. The number of likely N-dealkylation sites (tertiary alicyclic amines) is 1. The van der Waals surface area contributed by atoms with E-state index in [9.17, 15) is 4.79 Å². The zero-order valence-electron chi connectivity index (χ0n) is 15.7. The number of hydrogen-bond donors (Lipinski definition) is 2. The van der Waals surface area contributed by atoms with Gasteiger partial charge in [0.25, 0.3) is 0 Å². The molecule has 138 valence electrons. The Labute approximate surface area is 156 Å². The summed E-state index contributed by atoms with van der Waals surface area (Å²) in [5, 5.41) is 6.53. The lowest BCUT2D eigenvalue weighted by molar-refractivity contribution is -0.114. The summed E-state index contributed by atoms with van der Waals surface area (Å²) >= 11 is 0. The molecule has 2 atom stereocenters. The van der Waals surface area contributed by atoms with Crippen LogP contribution in [0.5, 0.6) is 0 Å². The molecule has 2 N–H and O–H groups in total. The van der Waals surface area contributed by atoms with Crippen LogP contribution < -0.4 is 10.6 Å². The van der Waals surface area contributed by atoms with E-state index >= 15 is 0 Å². The number of amides is 1. The first-order valence-corrected chi connectivity index (χ1v) is 9.46. The lowest BCUT2D eigenvalue weighted by Crippen LogP contribution is -2.36. The van der Waals surface area contributed by atoms with Gasteiger partial charge in [0.15, 0.2) is 0 Å². The van der Waals surface area contributed by atoms with E-state index in [1.54, 1.807) is 0 Å². The summed E-state index contributed by atoms with van der Waals surface area (Å²) in [6.07, 6.45) is 1.00. The van der Waals surface area contributed by atoms with E-state index in [-0.39, 0.29) is 5.91 Å². The third-order valence-electron chi connectivity index (χ3n) is 5.03. The van der Waals surface area contributed by atoms with Crippen LogP contribution in [0.15, 0.2) is 54.6 Å². The molecule has 0 bridgehead atoms. The highest BCUT2D eigenvalue weighted by Gasteiger charge is 2.28. The first kappa shape index (κ1) is 18.6. The molecular weight excluding hydrogens is 322 g/mol. The molecule has 0 saturated carbocycles. The van der Waals surface area contributed by atoms with Crippen molar-refractivity contribution < 1.29 is 4.79 Å². The van der Waals surface area contributed by atoms with Crippen LogP contribution in [0, 0.1) is 5.92 Å². The molecule has 26 heavy (non-hydrogen) atoms. The molecule has 0 aliphatic carbocycles. The Hall–Kier alpha value is -2.17. The van der Waals surface area contributed by atoms with Gasteiger partial charge < -0.3 is 10.6 Å². The minimum Gasteiger partial charge on any atom is -0.326 e. The predicted octanol–water partition coefficient (Wildman–Crippen LogP) is 3.30. The van der Waals surface area contributed by atoms with E-state index in [4.69, 9.17) is 0 Å². The second kappa shape index (κ2) is 8.97. The Bertz CT molecular complexity index is 699. The SMILES string of the molecule is CC(=O)Nc1ccc(CCN[C@@H]2CN(Cc3ccccc3)C[C@H]2C)cc1. The van der Waals surface area contributed by atoms with Gasteiger partial charge in [0.1, 0.15) is 0 Å². The number of benzene rings is 2. The lowest BCUT2D eigenvalue weighted by Gasteiger charge is -2.17. The first-order chi connectivity index (χ1) is 12.6. The number of nitrogens with one attached hydrogen (secondary N) is 2. The molecule has 1 aliphatic heterocycles. The molecule has 4 heteroatoms. The van der Waals surface area contributed by atoms with Crippen molar-refractivity contribution in [2.24, 2.45) is 5.92 Å². The lowest BCUT2D eigenvalue weighted by atomic mass is 10.1. The summed E-state index contributed by atoms with van der Waals surface area (Å²) in [5.41, 5.74) is 3.54. The van der Waals surface area contributed by atoms with E-state index in [1.807, 2.05) is 12.1 Å². The van der Waals surface area contributed by atoms with Crippen molar-refractivity contribution in [1.82, 2.24) is 10.2 Å². The Morgan fingerprint density at radius 1 is 1.04 bits per heavy atom. The largest absolute Gasteiger partial charge is 0.326 e. The fraction of sp³-hybridized carbons (Fsp3) is 0.409. The van der Waals surface area contributed by atoms with E-state index in [0.717, 1.165) is 38.3 Å². The summed E-state index contributed by atoms with van der Waals surface area (Å²) in [7, 11) is 0. The number of rotatable bonds is 7. The zero-order valence-corrected chi connectivity index (χ0v) is 15.7. The Kier molecular flexibility index (Phi) is 6.42. The molecule has 1 fully saturated rings. The molecule has 4 nitrogen and oxygen atoms in total. The van der Waals surface area contributed by atoms with Crippen molar-refractivity contribution in [3.8, 4) is 0 Å². The Morgan fingerprint density at radius 3 is 2.46 bits per heavy atom. The quantitative estimate of drug-likeness (QED) is 0.804. The highest BCUT2D eigenvalue weighted by molar-refractivity contribution is 5.88. The number of carbonyl (C=O) groups excluding carboxylic acids is 1. The fourth-order valence-corrected chi connectivity index (χ4v) is 3.66. The van der Waals surface area contributed by atoms with Crippen LogP contribution in [-0.2, 0) is 17.8 Å². The Balaban J connectivity index is 1.42. The highest BCUT2D eigenvalue weighted by atomic mass is 16.1. The van der Waals surface area contributed by atoms with E-state index in [1.165, 1.54) is 18.1 Å². The zero-order chi connectivity index (χ0) is 18.4. The van der Waals surface area contributed by atoms with E-state index < -0.39 is 0 Å². The van der Waals surface area contributed by atoms with Gasteiger partial charge in [-0.1, -0.05) is 49.4 Å². The summed E-state index contributed by atoms with van der Waals surface area (Å²) in [4.78, 5) is 13.6. The average molecular weight is 351 g/mol. The number of nitrogens with zero attached hydrogens (tertiary/aromatic N) is 1. The number of anilines is 1. The van der Waals surface area contributed by atoms with Crippen LogP contribution in [0.4, 0.5) is 5.69 Å². The van der Waals surface area contributed by atoms with Crippen LogP contribution in [0.3, 0.4) is 0 Å². The van der Waals surface area contributed by atoms with Gasteiger partial charge in [-0.3, -0.25) is 9.69 Å². The van der Waals surface area contributed by atoms with Crippen molar-refractivity contribution >= 4 is 11.6 Å². The normalized spacial score (nSPS) is 20.2. The molecule has 0 spiro atoms. The number of hydrogen-bond acceptors (Lipinski definition) is 3. The predicted molar refractivity (Wildman–Crippen MR) is 107 cm³/mol. The smallest absolute Gasteiger partial charge is 0.221 e. The summed E-state index contributed by atoms with van der Waals surface area (Å²) in [6, 6.07) is 19.4. The topological polar surface area (TPSA) is 44.4 Å². The van der Waals surface area contributed by atoms with E-state index in [0.29, 0.717) is 12.0 Å². The minimum atomic E-state index is -0.0327. The monoisotopic (exact) mass is 351 g/mol. The molecule has 2 aromatic carbocycles. The van der Waals surface area contributed by atoms with Crippen LogP contribution in [0.25, 0.3) is 0 Å². The first-order valence-electron chi connectivity index (χ1n) is 9.46. The Morgan fingerprint density at radius 2 is 1.77 bits per heavy atom. The second-order valence-electron chi connectivity index (χ2n) is 7.35. The van der Waals surface area contributed by atoms with Crippen LogP contribution in [0.2, 0.25) is 0 Å². The van der Waals surface area contributed by atoms with E-state index in [2.05, 4.69) is 64.9 Å². The molecule has 3 rings (SSSR count). The van der Waals surface area contributed by atoms with Gasteiger partial charge in [-0.2, -0.15) is 0 Å². The van der Waals surface area contributed by atoms with Gasteiger partial charge in [-0.15, -0.1) is 0 Å². The van der Waals surface area contributed by atoms with Crippen LogP contribution in [-0.4, -0.2) is 36.5 Å². The molecule has 1 heterocycles. The van der Waals surface area contributed by atoms with Gasteiger partial charge in [0.2, 0.25) is 5.91 Å². The molecule has 0 aromatic heterocycles. The van der Waals surface area contributed by atoms with Crippen LogP contribution in [0.1, 0.15) is 25.0 Å². The van der Waals surface area contributed by atoms with Crippen molar-refractivity contribution in [1.29, 1.82) is 0 Å². The summed E-state index contributed by atoms with van der Waals surface area (Å²) < 4.78 is 0. The molecule has 1 amide bonds. The van der Waals surface area contributed by atoms with Crippen molar-refractivity contribution in [2.75, 3.05) is 25.0 Å². The average Bonchev–Trinajstić information content (AvgIpc) is 2.96. The van der Waals surface area contributed by atoms with Crippen molar-refractivity contribution in [3.63, 3.8) is 0 Å². The van der Waals surface area contributed by atoms with Gasteiger partial charge in [0.05, 0.1) is 0 Å².